The zero-order valence-electron chi connectivity index (χ0n) is 14.8. The van der Waals surface area contributed by atoms with Crippen molar-refractivity contribution in [2.75, 3.05) is 5.75 Å². The van der Waals surface area contributed by atoms with Crippen LogP contribution in [0.25, 0.3) is 11.4 Å². The first-order valence-electron chi connectivity index (χ1n) is 8.94. The molecule has 1 amide bonds. The van der Waals surface area contributed by atoms with E-state index in [0.29, 0.717) is 17.7 Å². The number of amides is 1. The standard InChI is InChI=1S/C18H25N5OS/c1-3-23-17(14-8-10-19-11-9-14)21-22-18(23)25-12-16(24)20-15-7-5-4-6-13(15)2/h8-11,13,15H,3-7,12H2,1-2H3,(H,20,24)/t13-,15-/m0/s1. The van der Waals surface area contributed by atoms with Crippen molar-refractivity contribution >= 4 is 17.7 Å². The Hall–Kier alpha value is -1.89. The predicted molar refractivity (Wildman–Crippen MR) is 99.2 cm³/mol. The molecule has 0 saturated heterocycles. The summed E-state index contributed by atoms with van der Waals surface area (Å²) in [4.78, 5) is 16.3. The topological polar surface area (TPSA) is 72.7 Å². The third kappa shape index (κ3) is 4.39. The van der Waals surface area contributed by atoms with Crippen molar-refractivity contribution in [1.29, 1.82) is 0 Å². The van der Waals surface area contributed by atoms with Crippen LogP contribution in [0, 0.1) is 5.92 Å². The lowest BCUT2D eigenvalue weighted by Gasteiger charge is -2.29. The molecule has 0 unspecified atom stereocenters. The van der Waals surface area contributed by atoms with Crippen molar-refractivity contribution in [2.45, 2.75) is 57.3 Å². The molecule has 1 fully saturated rings. The molecule has 2 aromatic heterocycles. The second-order valence-electron chi connectivity index (χ2n) is 6.51. The Kier molecular flexibility index (Phi) is 6.07. The molecular weight excluding hydrogens is 334 g/mol. The van der Waals surface area contributed by atoms with Crippen LogP contribution < -0.4 is 5.32 Å². The van der Waals surface area contributed by atoms with Gasteiger partial charge in [-0.1, -0.05) is 31.5 Å². The number of aromatic nitrogens is 4. The Balaban J connectivity index is 1.61. The SMILES string of the molecule is CCn1c(SCC(=O)N[C@H]2CCCC[C@@H]2C)nnc1-c1ccncc1. The highest BCUT2D eigenvalue weighted by atomic mass is 32.2. The number of nitrogens with zero attached hydrogens (tertiary/aromatic N) is 4. The predicted octanol–water partition coefficient (Wildman–Crippen LogP) is 3.15. The second-order valence-corrected chi connectivity index (χ2v) is 7.45. The van der Waals surface area contributed by atoms with E-state index in [1.165, 1.54) is 31.0 Å². The van der Waals surface area contributed by atoms with Gasteiger partial charge in [-0.3, -0.25) is 9.78 Å². The summed E-state index contributed by atoms with van der Waals surface area (Å²) >= 11 is 1.45. The molecule has 134 valence electrons. The van der Waals surface area contributed by atoms with Crippen LogP contribution in [0.2, 0.25) is 0 Å². The van der Waals surface area contributed by atoms with Crippen LogP contribution in [0.5, 0.6) is 0 Å². The van der Waals surface area contributed by atoms with Crippen LogP contribution in [0.15, 0.2) is 29.7 Å². The third-order valence-electron chi connectivity index (χ3n) is 4.76. The van der Waals surface area contributed by atoms with Gasteiger partial charge in [0.15, 0.2) is 11.0 Å². The number of nitrogens with one attached hydrogen (secondary N) is 1. The first-order valence-corrected chi connectivity index (χ1v) is 9.93. The number of hydrogen-bond donors (Lipinski definition) is 1. The summed E-state index contributed by atoms with van der Waals surface area (Å²) < 4.78 is 2.04. The minimum atomic E-state index is 0.0832. The van der Waals surface area contributed by atoms with Gasteiger partial charge in [-0.15, -0.1) is 10.2 Å². The summed E-state index contributed by atoms with van der Waals surface area (Å²) in [6.45, 7) is 5.04. The molecule has 2 atom stereocenters. The van der Waals surface area contributed by atoms with Crippen molar-refractivity contribution in [1.82, 2.24) is 25.1 Å². The smallest absolute Gasteiger partial charge is 0.230 e. The molecule has 2 heterocycles. The van der Waals surface area contributed by atoms with E-state index in [4.69, 9.17) is 0 Å². The Morgan fingerprint density at radius 2 is 2.04 bits per heavy atom. The summed E-state index contributed by atoms with van der Waals surface area (Å²) in [6, 6.07) is 4.15. The lowest BCUT2D eigenvalue weighted by atomic mass is 9.86. The first kappa shape index (κ1) is 17.9. The van der Waals surface area contributed by atoms with Gasteiger partial charge in [0.25, 0.3) is 0 Å². The highest BCUT2D eigenvalue weighted by Crippen LogP contribution is 2.25. The fourth-order valence-corrected chi connectivity index (χ4v) is 4.12. The van der Waals surface area contributed by atoms with E-state index in [-0.39, 0.29) is 5.91 Å². The Labute approximate surface area is 152 Å². The maximum Gasteiger partial charge on any atom is 0.230 e. The van der Waals surface area contributed by atoms with Crippen molar-refractivity contribution in [3.8, 4) is 11.4 Å². The van der Waals surface area contributed by atoms with Crippen LogP contribution >= 0.6 is 11.8 Å². The lowest BCUT2D eigenvalue weighted by molar-refractivity contribution is -0.119. The van der Waals surface area contributed by atoms with Crippen LogP contribution in [0.1, 0.15) is 39.5 Å². The van der Waals surface area contributed by atoms with E-state index in [1.54, 1.807) is 12.4 Å². The van der Waals surface area contributed by atoms with Crippen LogP contribution in [-0.4, -0.2) is 37.5 Å². The van der Waals surface area contributed by atoms with Gasteiger partial charge in [-0.2, -0.15) is 0 Å². The second kappa shape index (κ2) is 8.47. The molecule has 1 aliphatic carbocycles. The fourth-order valence-electron chi connectivity index (χ4n) is 3.30. The molecule has 3 rings (SSSR count). The summed E-state index contributed by atoms with van der Waals surface area (Å²) in [5.41, 5.74) is 0.983. The average Bonchev–Trinajstić information content (AvgIpc) is 3.05. The zero-order valence-corrected chi connectivity index (χ0v) is 15.6. The molecule has 0 bridgehead atoms. The molecule has 1 N–H and O–H groups in total. The number of carbonyl (C=O) groups excluding carboxylic acids is 1. The Morgan fingerprint density at radius 1 is 1.28 bits per heavy atom. The molecule has 1 saturated carbocycles. The van der Waals surface area contributed by atoms with Crippen molar-refractivity contribution < 1.29 is 4.79 Å². The van der Waals surface area contributed by atoms with Gasteiger partial charge in [-0.05, 0) is 37.8 Å². The molecule has 6 nitrogen and oxygen atoms in total. The van der Waals surface area contributed by atoms with Gasteiger partial charge in [-0.25, -0.2) is 0 Å². The van der Waals surface area contributed by atoms with Crippen LogP contribution in [-0.2, 0) is 11.3 Å². The van der Waals surface area contributed by atoms with Crippen molar-refractivity contribution in [3.05, 3.63) is 24.5 Å². The molecule has 7 heteroatoms. The van der Waals surface area contributed by atoms with Crippen LogP contribution in [0.3, 0.4) is 0 Å². The van der Waals surface area contributed by atoms with Crippen molar-refractivity contribution in [2.24, 2.45) is 5.92 Å². The average molecular weight is 359 g/mol. The molecule has 0 aliphatic heterocycles. The molecule has 25 heavy (non-hydrogen) atoms. The third-order valence-corrected chi connectivity index (χ3v) is 5.73. The van der Waals surface area contributed by atoms with E-state index in [9.17, 15) is 4.79 Å². The number of hydrogen-bond acceptors (Lipinski definition) is 5. The minimum Gasteiger partial charge on any atom is -0.352 e. The summed E-state index contributed by atoms with van der Waals surface area (Å²) in [6.07, 6.45) is 8.28. The lowest BCUT2D eigenvalue weighted by Crippen LogP contribution is -2.41. The zero-order chi connectivity index (χ0) is 17.6. The van der Waals surface area contributed by atoms with Gasteiger partial charge < -0.3 is 9.88 Å². The van der Waals surface area contributed by atoms with Gasteiger partial charge >= 0.3 is 0 Å². The number of carbonyl (C=O) groups is 1. The van der Waals surface area contributed by atoms with E-state index in [2.05, 4.69) is 34.3 Å². The molecular formula is C18H25N5OS. The monoisotopic (exact) mass is 359 g/mol. The largest absolute Gasteiger partial charge is 0.352 e. The summed E-state index contributed by atoms with van der Waals surface area (Å²) in [5.74, 6) is 1.84. The van der Waals surface area contributed by atoms with Crippen LogP contribution in [0.4, 0.5) is 0 Å². The fraction of sp³-hybridized carbons (Fsp3) is 0.556. The van der Waals surface area contributed by atoms with E-state index < -0.39 is 0 Å². The van der Waals surface area contributed by atoms with E-state index >= 15 is 0 Å². The quantitative estimate of drug-likeness (QED) is 0.802. The van der Waals surface area contributed by atoms with Gasteiger partial charge in [0.2, 0.25) is 5.91 Å². The van der Waals surface area contributed by atoms with E-state index in [0.717, 1.165) is 29.5 Å². The Bertz CT molecular complexity index is 703. The van der Waals surface area contributed by atoms with Gasteiger partial charge in [0, 0.05) is 30.5 Å². The molecule has 0 spiro atoms. The maximum absolute atomic E-state index is 12.3. The van der Waals surface area contributed by atoms with Crippen molar-refractivity contribution in [3.63, 3.8) is 0 Å². The molecule has 0 radical (unpaired) electrons. The molecule has 0 aromatic carbocycles. The normalized spacial score (nSPS) is 20.4. The van der Waals surface area contributed by atoms with Gasteiger partial charge in [0.1, 0.15) is 0 Å². The highest BCUT2D eigenvalue weighted by molar-refractivity contribution is 7.99. The number of pyridine rings is 1. The molecule has 1 aliphatic rings. The van der Waals surface area contributed by atoms with Gasteiger partial charge in [0.05, 0.1) is 5.75 Å². The highest BCUT2D eigenvalue weighted by Gasteiger charge is 2.23. The number of thioether (sulfide) groups is 1. The first-order chi connectivity index (χ1) is 12.2. The van der Waals surface area contributed by atoms with E-state index in [1.807, 2.05) is 16.7 Å². The minimum absolute atomic E-state index is 0.0832. The number of rotatable bonds is 6. The molecule has 2 aromatic rings. The maximum atomic E-state index is 12.3. The Morgan fingerprint density at radius 3 is 2.76 bits per heavy atom. The summed E-state index contributed by atoms with van der Waals surface area (Å²) in [5, 5.41) is 12.5. The summed E-state index contributed by atoms with van der Waals surface area (Å²) in [7, 11) is 0.